The Bertz CT molecular complexity index is 695. The number of allylic oxidation sites excluding steroid dienone is 1. The third kappa shape index (κ3) is 3.06. The zero-order chi connectivity index (χ0) is 17.3. The van der Waals surface area contributed by atoms with Gasteiger partial charge in [-0.15, -0.1) is 5.10 Å². The summed E-state index contributed by atoms with van der Waals surface area (Å²) < 4.78 is 1.88. The molecule has 3 rings (SSSR count). The Labute approximate surface area is 142 Å². The molecule has 1 unspecified atom stereocenters. The summed E-state index contributed by atoms with van der Waals surface area (Å²) in [7, 11) is 1.95. The molecule has 8 heteroatoms. The van der Waals surface area contributed by atoms with E-state index >= 15 is 0 Å². The van der Waals surface area contributed by atoms with Gasteiger partial charge < -0.3 is 4.90 Å². The first kappa shape index (κ1) is 16.6. The van der Waals surface area contributed by atoms with Gasteiger partial charge >= 0.3 is 0 Å². The molecule has 1 aromatic rings. The Hall–Kier alpha value is -2.22. The first-order valence-corrected chi connectivity index (χ1v) is 8.54. The number of amidine groups is 1. The predicted octanol–water partition coefficient (Wildman–Crippen LogP) is 1.47. The summed E-state index contributed by atoms with van der Waals surface area (Å²) in [4.78, 5) is 16.0. The molecular formula is C16H26N8. The Kier molecular flexibility index (Phi) is 4.66. The van der Waals surface area contributed by atoms with E-state index in [0.29, 0.717) is 0 Å². The number of nitrogens with one attached hydrogen (secondary N) is 1. The Morgan fingerprint density at radius 1 is 1.25 bits per heavy atom. The summed E-state index contributed by atoms with van der Waals surface area (Å²) in [6, 6.07) is 0. The van der Waals surface area contributed by atoms with Crippen molar-refractivity contribution in [3.8, 4) is 0 Å². The van der Waals surface area contributed by atoms with Gasteiger partial charge in [0.1, 0.15) is 12.0 Å². The lowest BCUT2D eigenvalue weighted by molar-refractivity contribution is 0.343. The van der Waals surface area contributed by atoms with Gasteiger partial charge in [0.25, 0.3) is 0 Å². The van der Waals surface area contributed by atoms with Crippen LogP contribution in [0.3, 0.4) is 0 Å². The third-order valence-electron chi connectivity index (χ3n) is 4.42. The lowest BCUT2D eigenvalue weighted by atomic mass is 10.2. The minimum Gasteiger partial charge on any atom is -0.340 e. The Morgan fingerprint density at radius 2 is 2.00 bits per heavy atom. The zero-order valence-corrected chi connectivity index (χ0v) is 15.1. The van der Waals surface area contributed by atoms with Crippen LogP contribution in [0.15, 0.2) is 21.9 Å². The second-order valence-corrected chi connectivity index (χ2v) is 6.08. The molecule has 1 N–H and O–H groups in total. The maximum atomic E-state index is 4.75. The summed E-state index contributed by atoms with van der Waals surface area (Å²) in [5, 5.41) is 6.55. The number of aliphatic imine (C=N–C) groups is 2. The van der Waals surface area contributed by atoms with Crippen LogP contribution in [-0.4, -0.2) is 50.6 Å². The van der Waals surface area contributed by atoms with Crippen molar-refractivity contribution < 1.29 is 0 Å². The topological polar surface area (TPSA) is 73.9 Å². The molecule has 0 aliphatic carbocycles. The quantitative estimate of drug-likeness (QED) is 0.855. The highest BCUT2D eigenvalue weighted by atomic mass is 15.6. The predicted molar refractivity (Wildman–Crippen MR) is 95.9 cm³/mol. The molecule has 0 radical (unpaired) electrons. The lowest BCUT2D eigenvalue weighted by Crippen LogP contribution is -2.42. The highest BCUT2D eigenvalue weighted by molar-refractivity contribution is 6.41. The molecule has 0 aromatic carbocycles. The van der Waals surface area contributed by atoms with Crippen molar-refractivity contribution in [2.45, 2.75) is 46.7 Å². The number of fused-ring (bicyclic) bond motifs is 1. The van der Waals surface area contributed by atoms with Gasteiger partial charge in [-0.1, -0.05) is 0 Å². The minimum absolute atomic E-state index is 0.0419. The molecule has 24 heavy (non-hydrogen) atoms. The molecule has 2 aliphatic heterocycles. The standard InChI is InChI=1S/C16H26N8/c1-6-23(7-2)16-19-14(22(5)21-16)9-8-13-18-15-12(4)17-10-11(3)24(15)20-13/h10,13,20H,6-9H2,1-5H3. The smallest absolute Gasteiger partial charge is 0.244 e. The van der Waals surface area contributed by atoms with Crippen LogP contribution in [0.1, 0.15) is 39.9 Å². The molecule has 1 aromatic heterocycles. The largest absolute Gasteiger partial charge is 0.340 e. The zero-order valence-electron chi connectivity index (χ0n) is 15.1. The van der Waals surface area contributed by atoms with E-state index in [1.54, 1.807) is 0 Å². The van der Waals surface area contributed by atoms with Gasteiger partial charge in [-0.25, -0.2) is 10.4 Å². The number of aryl methyl sites for hydroxylation is 2. The number of hydrogen-bond donors (Lipinski definition) is 1. The number of aromatic nitrogens is 3. The van der Waals surface area contributed by atoms with Crippen LogP contribution >= 0.6 is 0 Å². The fraction of sp³-hybridized carbons (Fsp3) is 0.625. The maximum Gasteiger partial charge on any atom is 0.244 e. The molecule has 0 bridgehead atoms. The molecule has 8 nitrogen and oxygen atoms in total. The Morgan fingerprint density at radius 3 is 2.67 bits per heavy atom. The van der Waals surface area contributed by atoms with Crippen molar-refractivity contribution in [3.63, 3.8) is 0 Å². The SMILES string of the molecule is CCN(CC)c1nc(CCC2N=C3C(C)=NC=C(C)N3N2)n(C)n1. The number of rotatable bonds is 6. The number of anilines is 1. The van der Waals surface area contributed by atoms with Crippen LogP contribution in [0, 0.1) is 0 Å². The summed E-state index contributed by atoms with van der Waals surface area (Å²) in [6.07, 6.45) is 3.60. The van der Waals surface area contributed by atoms with Crippen molar-refractivity contribution in [2.75, 3.05) is 18.0 Å². The second-order valence-electron chi connectivity index (χ2n) is 6.08. The average molecular weight is 330 g/mol. The molecule has 130 valence electrons. The van der Waals surface area contributed by atoms with E-state index in [9.17, 15) is 0 Å². The van der Waals surface area contributed by atoms with E-state index in [0.717, 1.165) is 54.9 Å². The lowest BCUT2D eigenvalue weighted by Gasteiger charge is -2.24. The number of hydrogen-bond acceptors (Lipinski definition) is 7. The first-order valence-electron chi connectivity index (χ1n) is 8.54. The van der Waals surface area contributed by atoms with Gasteiger partial charge in [0.05, 0.1) is 11.4 Å². The molecule has 0 saturated carbocycles. The van der Waals surface area contributed by atoms with Crippen LogP contribution in [0.5, 0.6) is 0 Å². The van der Waals surface area contributed by atoms with Crippen LogP contribution in [0.4, 0.5) is 5.95 Å². The number of nitrogens with zero attached hydrogens (tertiary/aromatic N) is 7. The normalized spacial score (nSPS) is 19.8. The van der Waals surface area contributed by atoms with Crippen molar-refractivity contribution in [2.24, 2.45) is 17.0 Å². The fourth-order valence-electron chi connectivity index (χ4n) is 2.93. The summed E-state index contributed by atoms with van der Waals surface area (Å²) >= 11 is 0. The van der Waals surface area contributed by atoms with Gasteiger partial charge in [0, 0.05) is 32.8 Å². The minimum atomic E-state index is 0.0419. The van der Waals surface area contributed by atoms with Crippen LogP contribution in [-0.2, 0) is 13.5 Å². The molecule has 1 atom stereocenters. The molecule has 0 saturated heterocycles. The van der Waals surface area contributed by atoms with Crippen molar-refractivity contribution >= 4 is 17.5 Å². The van der Waals surface area contributed by atoms with Crippen molar-refractivity contribution in [3.05, 3.63) is 17.7 Å². The van der Waals surface area contributed by atoms with Gasteiger partial charge in [-0.3, -0.25) is 14.7 Å². The van der Waals surface area contributed by atoms with E-state index in [1.807, 2.05) is 36.8 Å². The van der Waals surface area contributed by atoms with E-state index in [1.165, 1.54) is 0 Å². The molecule has 3 heterocycles. The Balaban J connectivity index is 1.65. The van der Waals surface area contributed by atoms with Gasteiger partial charge in [0.15, 0.2) is 5.84 Å². The average Bonchev–Trinajstić information content (AvgIpc) is 3.15. The van der Waals surface area contributed by atoms with Crippen molar-refractivity contribution in [1.82, 2.24) is 25.2 Å². The van der Waals surface area contributed by atoms with Crippen molar-refractivity contribution in [1.29, 1.82) is 0 Å². The maximum absolute atomic E-state index is 4.75. The second kappa shape index (κ2) is 6.72. The van der Waals surface area contributed by atoms with Crippen LogP contribution in [0.2, 0.25) is 0 Å². The van der Waals surface area contributed by atoms with E-state index in [4.69, 9.17) is 4.99 Å². The molecule has 0 fully saturated rings. The molecule has 0 spiro atoms. The van der Waals surface area contributed by atoms with Crippen LogP contribution < -0.4 is 10.3 Å². The van der Waals surface area contributed by atoms with Crippen LogP contribution in [0.25, 0.3) is 0 Å². The third-order valence-corrected chi connectivity index (χ3v) is 4.42. The molecule has 0 amide bonds. The van der Waals surface area contributed by atoms with Gasteiger partial charge in [-0.2, -0.15) is 4.98 Å². The monoisotopic (exact) mass is 330 g/mol. The van der Waals surface area contributed by atoms with E-state index in [2.05, 4.69) is 39.2 Å². The highest BCUT2D eigenvalue weighted by Crippen LogP contribution is 2.19. The molecular weight excluding hydrogens is 304 g/mol. The summed E-state index contributed by atoms with van der Waals surface area (Å²) in [5.41, 5.74) is 5.43. The summed E-state index contributed by atoms with van der Waals surface area (Å²) in [6.45, 7) is 10.1. The van der Waals surface area contributed by atoms with Gasteiger partial charge in [-0.05, 0) is 34.1 Å². The highest BCUT2D eigenvalue weighted by Gasteiger charge is 2.29. The molecule has 2 aliphatic rings. The first-order chi connectivity index (χ1) is 11.5. The summed E-state index contributed by atoms with van der Waals surface area (Å²) in [5.74, 6) is 2.71. The van der Waals surface area contributed by atoms with E-state index in [-0.39, 0.29) is 6.17 Å². The van der Waals surface area contributed by atoms with E-state index < -0.39 is 0 Å². The van der Waals surface area contributed by atoms with Gasteiger partial charge in [0.2, 0.25) is 5.95 Å². The fourth-order valence-corrected chi connectivity index (χ4v) is 2.93. The number of hydrazine groups is 1.